The summed E-state index contributed by atoms with van der Waals surface area (Å²) in [6.45, 7) is 0. The van der Waals surface area contributed by atoms with Crippen LogP contribution in [0.5, 0.6) is 5.75 Å². The molecule has 0 saturated carbocycles. The minimum atomic E-state index is -1.20. The average Bonchev–Trinajstić information content (AvgIpc) is 3.02. The number of ether oxygens (including phenoxy) is 1. The number of fused-ring (bicyclic) bond motifs is 3. The minimum Gasteiger partial charge on any atom is -0.487 e. The summed E-state index contributed by atoms with van der Waals surface area (Å²) < 4.78 is 46.4. The molecule has 1 aliphatic heterocycles. The molecule has 3 aromatic rings. The topological polar surface area (TPSA) is 51.0 Å². The van der Waals surface area contributed by atoms with Gasteiger partial charge >= 0.3 is 0 Å². The van der Waals surface area contributed by atoms with Gasteiger partial charge in [-0.15, -0.1) is 0 Å². The molecule has 0 spiro atoms. The molecule has 0 fully saturated rings. The summed E-state index contributed by atoms with van der Waals surface area (Å²) >= 11 is 0. The van der Waals surface area contributed by atoms with Crippen LogP contribution in [-0.4, -0.2) is 17.1 Å². The lowest BCUT2D eigenvalue weighted by Crippen LogP contribution is -2.45. The van der Waals surface area contributed by atoms with Crippen LogP contribution in [0.3, 0.4) is 0 Å². The molecule has 2 heterocycles. The summed E-state index contributed by atoms with van der Waals surface area (Å²) in [5.74, 6) is -2.37. The molecule has 0 aliphatic carbocycles. The van der Waals surface area contributed by atoms with E-state index in [1.165, 1.54) is 0 Å². The second-order valence-electron chi connectivity index (χ2n) is 6.08. The van der Waals surface area contributed by atoms with Gasteiger partial charge in [0.05, 0.1) is 0 Å². The maximum atomic E-state index is 13.9. The molecule has 24 heavy (non-hydrogen) atoms. The van der Waals surface area contributed by atoms with E-state index in [4.69, 9.17) is 10.5 Å². The van der Waals surface area contributed by atoms with E-state index in [0.29, 0.717) is 18.2 Å². The van der Waals surface area contributed by atoms with Gasteiger partial charge < -0.3 is 15.5 Å². The van der Waals surface area contributed by atoms with Crippen molar-refractivity contribution < 1.29 is 17.9 Å². The highest BCUT2D eigenvalue weighted by molar-refractivity contribution is 5.87. The van der Waals surface area contributed by atoms with Gasteiger partial charge in [0.1, 0.15) is 17.7 Å². The van der Waals surface area contributed by atoms with Gasteiger partial charge in [0, 0.05) is 35.6 Å². The Balaban J connectivity index is 1.68. The van der Waals surface area contributed by atoms with E-state index in [1.54, 1.807) is 0 Å². The number of nitrogens with one attached hydrogen (secondary N) is 1. The maximum absolute atomic E-state index is 13.9. The zero-order valence-electron chi connectivity index (χ0n) is 12.7. The number of rotatable bonds is 2. The van der Waals surface area contributed by atoms with Crippen LogP contribution in [0.4, 0.5) is 13.2 Å². The molecule has 3 nitrogen and oxygen atoms in total. The number of halogens is 3. The van der Waals surface area contributed by atoms with Crippen molar-refractivity contribution in [2.24, 2.45) is 5.73 Å². The number of aromatic nitrogens is 1. The van der Waals surface area contributed by atoms with Crippen LogP contribution >= 0.6 is 0 Å². The standard InChI is InChI=1S/C18H15F3N2O/c19-12-8-14(21)13(20)5-10(12)7-17-15(22)6-9-1-2-16-11(3-4-23-16)18(9)24-17/h1-5,8,15,17,23H,6-7,22H2. The van der Waals surface area contributed by atoms with Crippen molar-refractivity contribution in [3.63, 3.8) is 0 Å². The molecular weight excluding hydrogens is 317 g/mol. The minimum absolute atomic E-state index is 0.0547. The van der Waals surface area contributed by atoms with Gasteiger partial charge in [-0.3, -0.25) is 0 Å². The van der Waals surface area contributed by atoms with Crippen molar-refractivity contribution in [1.29, 1.82) is 0 Å². The molecule has 1 aromatic heterocycles. The summed E-state index contributed by atoms with van der Waals surface area (Å²) in [4.78, 5) is 3.11. The van der Waals surface area contributed by atoms with Gasteiger partial charge in [-0.2, -0.15) is 0 Å². The SMILES string of the molecule is NC1Cc2ccc3[nH]ccc3c2OC1Cc1cc(F)c(F)cc1F. The van der Waals surface area contributed by atoms with E-state index in [9.17, 15) is 13.2 Å². The van der Waals surface area contributed by atoms with Crippen LogP contribution in [0.25, 0.3) is 10.9 Å². The molecule has 1 aliphatic rings. The monoisotopic (exact) mass is 332 g/mol. The largest absolute Gasteiger partial charge is 0.487 e. The summed E-state index contributed by atoms with van der Waals surface area (Å²) in [7, 11) is 0. The number of hydrogen-bond donors (Lipinski definition) is 2. The number of nitrogens with two attached hydrogens (primary N) is 1. The Hall–Kier alpha value is -2.47. The first-order valence-electron chi connectivity index (χ1n) is 7.67. The highest BCUT2D eigenvalue weighted by Crippen LogP contribution is 2.35. The van der Waals surface area contributed by atoms with Gasteiger partial charge in [-0.1, -0.05) is 6.07 Å². The summed E-state index contributed by atoms with van der Waals surface area (Å²) in [6, 6.07) is 6.87. The normalized spacial score (nSPS) is 20.0. The molecule has 2 aromatic carbocycles. The van der Waals surface area contributed by atoms with E-state index in [1.807, 2.05) is 24.4 Å². The van der Waals surface area contributed by atoms with Gasteiger partial charge in [0.15, 0.2) is 11.6 Å². The first-order chi connectivity index (χ1) is 11.5. The van der Waals surface area contributed by atoms with E-state index in [2.05, 4.69) is 4.98 Å². The van der Waals surface area contributed by atoms with Crippen molar-refractivity contribution in [3.05, 3.63) is 65.1 Å². The third-order valence-corrected chi connectivity index (χ3v) is 4.48. The summed E-state index contributed by atoms with van der Waals surface area (Å²) in [5, 5.41) is 0.926. The summed E-state index contributed by atoms with van der Waals surface area (Å²) in [6.07, 6.45) is 1.95. The molecule has 2 unspecified atom stereocenters. The van der Waals surface area contributed by atoms with Crippen molar-refractivity contribution in [1.82, 2.24) is 4.98 Å². The number of benzene rings is 2. The second-order valence-corrected chi connectivity index (χ2v) is 6.08. The Morgan fingerprint density at radius 1 is 1.08 bits per heavy atom. The number of hydrogen-bond acceptors (Lipinski definition) is 2. The Morgan fingerprint density at radius 2 is 1.88 bits per heavy atom. The predicted molar refractivity (Wildman–Crippen MR) is 84.4 cm³/mol. The molecular formula is C18H15F3N2O. The zero-order valence-corrected chi connectivity index (χ0v) is 12.7. The molecule has 6 heteroatoms. The molecule has 3 N–H and O–H groups in total. The van der Waals surface area contributed by atoms with Crippen molar-refractivity contribution in [2.75, 3.05) is 0 Å². The number of H-pyrrole nitrogens is 1. The smallest absolute Gasteiger partial charge is 0.161 e. The Morgan fingerprint density at radius 3 is 2.71 bits per heavy atom. The van der Waals surface area contributed by atoms with Crippen molar-refractivity contribution >= 4 is 10.9 Å². The molecule has 2 atom stereocenters. The van der Waals surface area contributed by atoms with Crippen LogP contribution in [-0.2, 0) is 12.8 Å². The molecule has 0 bridgehead atoms. The van der Waals surface area contributed by atoms with Crippen LogP contribution in [0.15, 0.2) is 36.5 Å². The quantitative estimate of drug-likeness (QED) is 0.706. The zero-order chi connectivity index (χ0) is 16.8. The van der Waals surface area contributed by atoms with Crippen molar-refractivity contribution in [2.45, 2.75) is 25.0 Å². The van der Waals surface area contributed by atoms with Crippen LogP contribution < -0.4 is 10.5 Å². The Kier molecular flexibility index (Phi) is 3.49. The highest BCUT2D eigenvalue weighted by atomic mass is 19.2. The maximum Gasteiger partial charge on any atom is 0.161 e. The predicted octanol–water partition coefficient (Wildman–Crippen LogP) is 3.46. The molecule has 0 radical (unpaired) electrons. The van der Waals surface area contributed by atoms with E-state index < -0.39 is 23.6 Å². The Labute approximate surface area is 136 Å². The third kappa shape index (κ3) is 2.43. The lowest BCUT2D eigenvalue weighted by molar-refractivity contribution is 0.152. The fourth-order valence-electron chi connectivity index (χ4n) is 3.20. The second kappa shape index (κ2) is 5.56. The molecule has 124 valence electrons. The first kappa shape index (κ1) is 15.1. The number of aromatic amines is 1. The summed E-state index contributed by atoms with van der Waals surface area (Å²) in [5.41, 5.74) is 8.13. The van der Waals surface area contributed by atoms with Crippen LogP contribution in [0.1, 0.15) is 11.1 Å². The molecule has 4 rings (SSSR count). The fourth-order valence-corrected chi connectivity index (χ4v) is 3.20. The van der Waals surface area contributed by atoms with Gasteiger partial charge in [-0.05, 0) is 35.7 Å². The highest BCUT2D eigenvalue weighted by Gasteiger charge is 2.30. The van der Waals surface area contributed by atoms with E-state index in [-0.39, 0.29) is 18.0 Å². The van der Waals surface area contributed by atoms with Gasteiger partial charge in [0.25, 0.3) is 0 Å². The average molecular weight is 332 g/mol. The van der Waals surface area contributed by atoms with Crippen molar-refractivity contribution in [3.8, 4) is 5.75 Å². The third-order valence-electron chi connectivity index (χ3n) is 4.48. The molecule has 0 saturated heterocycles. The van der Waals surface area contributed by atoms with Crippen LogP contribution in [0.2, 0.25) is 0 Å². The lowest BCUT2D eigenvalue weighted by atomic mass is 9.92. The van der Waals surface area contributed by atoms with E-state index >= 15 is 0 Å². The van der Waals surface area contributed by atoms with Crippen LogP contribution in [0, 0.1) is 17.5 Å². The first-order valence-corrected chi connectivity index (χ1v) is 7.67. The van der Waals surface area contributed by atoms with Gasteiger partial charge in [-0.25, -0.2) is 13.2 Å². The fraction of sp³-hybridized carbons (Fsp3) is 0.222. The molecule has 0 amide bonds. The van der Waals surface area contributed by atoms with E-state index in [0.717, 1.165) is 22.5 Å². The Bertz CT molecular complexity index is 922. The van der Waals surface area contributed by atoms with Gasteiger partial charge in [0.2, 0.25) is 0 Å². The lowest BCUT2D eigenvalue weighted by Gasteiger charge is -2.32.